The van der Waals surface area contributed by atoms with E-state index in [2.05, 4.69) is 5.32 Å². The van der Waals surface area contributed by atoms with Gasteiger partial charge < -0.3 is 10.2 Å². The fourth-order valence-corrected chi connectivity index (χ4v) is 3.23. The smallest absolute Gasteiger partial charge is 0.245 e. The maximum absolute atomic E-state index is 11.9. The molecule has 1 aliphatic rings. The van der Waals surface area contributed by atoms with Crippen LogP contribution in [0.25, 0.3) is 0 Å². The van der Waals surface area contributed by atoms with Crippen molar-refractivity contribution in [3.8, 4) is 0 Å². The summed E-state index contributed by atoms with van der Waals surface area (Å²) in [6, 6.07) is -0.514. The van der Waals surface area contributed by atoms with Gasteiger partial charge in [-0.2, -0.15) is 0 Å². The second kappa shape index (κ2) is 6.17. The molecule has 0 aliphatic carbocycles. The van der Waals surface area contributed by atoms with Crippen molar-refractivity contribution >= 4 is 21.7 Å². The number of hydrogen-bond donors (Lipinski definition) is 1. The molecule has 1 rings (SSSR count). The van der Waals surface area contributed by atoms with E-state index in [0.717, 1.165) is 0 Å². The number of carbonyl (C=O) groups excluding carboxylic acids is 2. The van der Waals surface area contributed by atoms with E-state index in [-0.39, 0.29) is 36.4 Å². The van der Waals surface area contributed by atoms with Crippen molar-refractivity contribution in [2.24, 2.45) is 0 Å². The van der Waals surface area contributed by atoms with Crippen LogP contribution < -0.4 is 5.32 Å². The monoisotopic (exact) mass is 276 g/mol. The van der Waals surface area contributed by atoms with Crippen molar-refractivity contribution < 1.29 is 18.0 Å². The number of amides is 2. The van der Waals surface area contributed by atoms with E-state index in [1.807, 2.05) is 0 Å². The molecule has 0 radical (unpaired) electrons. The third kappa shape index (κ3) is 3.97. The molecule has 1 heterocycles. The summed E-state index contributed by atoms with van der Waals surface area (Å²) < 4.78 is 23.1. The molecule has 0 bridgehead atoms. The van der Waals surface area contributed by atoms with Crippen LogP contribution >= 0.6 is 0 Å². The zero-order chi connectivity index (χ0) is 13.8. The van der Waals surface area contributed by atoms with Crippen LogP contribution in [0.4, 0.5) is 0 Å². The minimum Gasteiger partial charge on any atom is -0.343 e. The first-order valence-corrected chi connectivity index (χ1v) is 8.00. The normalized spacial score (nSPS) is 21.0. The van der Waals surface area contributed by atoms with Crippen LogP contribution in [-0.4, -0.2) is 55.8 Å². The summed E-state index contributed by atoms with van der Waals surface area (Å²) in [7, 11) is -3.12. The van der Waals surface area contributed by atoms with Gasteiger partial charge in [0, 0.05) is 12.3 Å². The molecule has 0 spiro atoms. The maximum Gasteiger partial charge on any atom is 0.245 e. The van der Waals surface area contributed by atoms with Gasteiger partial charge in [-0.25, -0.2) is 8.42 Å². The molecule has 1 unspecified atom stereocenters. The van der Waals surface area contributed by atoms with Crippen LogP contribution in [0.2, 0.25) is 0 Å². The first-order valence-electron chi connectivity index (χ1n) is 6.18. The zero-order valence-electron chi connectivity index (χ0n) is 10.8. The summed E-state index contributed by atoms with van der Waals surface area (Å²) in [5, 5.41) is 2.59. The van der Waals surface area contributed by atoms with E-state index in [1.54, 1.807) is 13.8 Å². The fourth-order valence-electron chi connectivity index (χ4n) is 1.90. The zero-order valence-corrected chi connectivity index (χ0v) is 11.6. The molecule has 104 valence electrons. The van der Waals surface area contributed by atoms with Crippen molar-refractivity contribution in [3.05, 3.63) is 0 Å². The van der Waals surface area contributed by atoms with Gasteiger partial charge in [0.2, 0.25) is 11.8 Å². The van der Waals surface area contributed by atoms with Crippen molar-refractivity contribution in [1.82, 2.24) is 10.2 Å². The summed E-state index contributed by atoms with van der Waals surface area (Å²) in [6.07, 6.45) is 1.08. The van der Waals surface area contributed by atoms with E-state index in [1.165, 1.54) is 4.90 Å². The van der Waals surface area contributed by atoms with Gasteiger partial charge in [0.1, 0.15) is 6.04 Å². The number of hydrogen-bond acceptors (Lipinski definition) is 4. The molecule has 1 aliphatic heterocycles. The van der Waals surface area contributed by atoms with Gasteiger partial charge in [-0.05, 0) is 12.8 Å². The Morgan fingerprint density at radius 1 is 1.28 bits per heavy atom. The van der Waals surface area contributed by atoms with Gasteiger partial charge in [0.25, 0.3) is 0 Å². The Hall–Kier alpha value is -1.11. The van der Waals surface area contributed by atoms with Crippen LogP contribution in [0, 0.1) is 0 Å². The maximum atomic E-state index is 11.9. The molecule has 1 saturated heterocycles. The molecule has 7 heteroatoms. The lowest BCUT2D eigenvalue weighted by Crippen LogP contribution is -2.58. The number of nitrogens with one attached hydrogen (secondary N) is 1. The van der Waals surface area contributed by atoms with E-state index >= 15 is 0 Å². The molecule has 0 aromatic rings. The molecule has 6 nitrogen and oxygen atoms in total. The van der Waals surface area contributed by atoms with Crippen LogP contribution in [0.3, 0.4) is 0 Å². The lowest BCUT2D eigenvalue weighted by Gasteiger charge is -2.31. The fraction of sp³-hybridized carbons (Fsp3) is 0.818. The second-order valence-electron chi connectivity index (χ2n) is 4.44. The summed E-state index contributed by atoms with van der Waals surface area (Å²) in [6.45, 7) is 3.66. The average Bonchev–Trinajstić information content (AvgIpc) is 2.29. The Balaban J connectivity index is 2.60. The van der Waals surface area contributed by atoms with Gasteiger partial charge in [-0.1, -0.05) is 13.8 Å². The Bertz CT molecular complexity index is 419. The van der Waals surface area contributed by atoms with E-state index in [9.17, 15) is 18.0 Å². The first-order chi connectivity index (χ1) is 8.39. The van der Waals surface area contributed by atoms with Gasteiger partial charge in [-0.15, -0.1) is 0 Å². The van der Waals surface area contributed by atoms with E-state index < -0.39 is 15.9 Å². The highest BCUT2D eigenvalue weighted by Gasteiger charge is 2.31. The second-order valence-corrected chi connectivity index (χ2v) is 6.74. The molecule has 0 aromatic heterocycles. The van der Waals surface area contributed by atoms with Gasteiger partial charge in [-0.3, -0.25) is 9.59 Å². The molecule has 0 aromatic carbocycles. The number of rotatable bonds is 6. The Kier molecular flexibility index (Phi) is 5.13. The molecular weight excluding hydrogens is 256 g/mol. The molecule has 2 amide bonds. The van der Waals surface area contributed by atoms with Crippen molar-refractivity contribution in [1.29, 1.82) is 0 Å². The topological polar surface area (TPSA) is 83.6 Å². The lowest BCUT2D eigenvalue weighted by atomic mass is 10.1. The largest absolute Gasteiger partial charge is 0.343 e. The first kappa shape index (κ1) is 14.9. The van der Waals surface area contributed by atoms with Gasteiger partial charge in [0.05, 0.1) is 12.3 Å². The minimum absolute atomic E-state index is 0.0447. The molecule has 1 atom stereocenters. The summed E-state index contributed by atoms with van der Waals surface area (Å²) >= 11 is 0. The lowest BCUT2D eigenvalue weighted by molar-refractivity contribution is -0.144. The molecule has 1 fully saturated rings. The van der Waals surface area contributed by atoms with E-state index in [0.29, 0.717) is 12.8 Å². The predicted octanol–water partition coefficient (Wildman–Crippen LogP) is -0.452. The predicted molar refractivity (Wildman–Crippen MR) is 67.7 cm³/mol. The SMILES string of the molecule is CCCS(=O)(=O)CCN1CC(=O)NC(CC)C1=O. The summed E-state index contributed by atoms with van der Waals surface area (Å²) in [5.41, 5.74) is 0. The molecule has 1 N–H and O–H groups in total. The standard InChI is InChI=1S/C11H20N2O4S/c1-3-6-18(16,17)7-5-13-8-10(14)12-9(4-2)11(13)15/h9H,3-8H2,1-2H3,(H,12,14). The van der Waals surface area contributed by atoms with Gasteiger partial charge >= 0.3 is 0 Å². The van der Waals surface area contributed by atoms with Crippen molar-refractivity contribution in [2.45, 2.75) is 32.7 Å². The van der Waals surface area contributed by atoms with E-state index in [4.69, 9.17) is 0 Å². The van der Waals surface area contributed by atoms with Crippen LogP contribution in [0.15, 0.2) is 0 Å². The Morgan fingerprint density at radius 3 is 2.50 bits per heavy atom. The van der Waals surface area contributed by atoms with Gasteiger partial charge in [0.15, 0.2) is 9.84 Å². The number of piperazine rings is 1. The summed E-state index contributed by atoms with van der Waals surface area (Å²) in [4.78, 5) is 24.6. The van der Waals surface area contributed by atoms with Crippen molar-refractivity contribution in [3.63, 3.8) is 0 Å². The van der Waals surface area contributed by atoms with Crippen LogP contribution in [0.5, 0.6) is 0 Å². The Morgan fingerprint density at radius 2 is 1.94 bits per heavy atom. The number of nitrogens with zero attached hydrogens (tertiary/aromatic N) is 1. The molecule has 0 saturated carbocycles. The average molecular weight is 276 g/mol. The third-order valence-electron chi connectivity index (χ3n) is 2.88. The Labute approximate surface area is 108 Å². The third-order valence-corrected chi connectivity index (χ3v) is 4.71. The highest BCUT2D eigenvalue weighted by atomic mass is 32.2. The molecule has 18 heavy (non-hydrogen) atoms. The number of carbonyl (C=O) groups is 2. The quantitative estimate of drug-likeness (QED) is 0.712. The summed E-state index contributed by atoms with van der Waals surface area (Å²) in [5.74, 6) is -0.368. The molecular formula is C11H20N2O4S. The van der Waals surface area contributed by atoms with Crippen LogP contribution in [0.1, 0.15) is 26.7 Å². The highest BCUT2D eigenvalue weighted by Crippen LogP contribution is 2.06. The van der Waals surface area contributed by atoms with Crippen molar-refractivity contribution in [2.75, 3.05) is 24.6 Å². The number of sulfone groups is 1. The van der Waals surface area contributed by atoms with Crippen LogP contribution in [-0.2, 0) is 19.4 Å². The highest BCUT2D eigenvalue weighted by molar-refractivity contribution is 7.91. The minimum atomic E-state index is -3.12.